The van der Waals surface area contributed by atoms with Crippen molar-refractivity contribution in [1.29, 1.82) is 0 Å². The summed E-state index contributed by atoms with van der Waals surface area (Å²) in [5, 5.41) is 0. The van der Waals surface area contributed by atoms with Crippen LogP contribution in [0.5, 0.6) is 0 Å². The van der Waals surface area contributed by atoms with E-state index in [0.29, 0.717) is 6.10 Å². The van der Waals surface area contributed by atoms with Gasteiger partial charge in [-0.15, -0.1) is 0 Å². The predicted octanol–water partition coefficient (Wildman–Crippen LogP) is 2.70. The van der Waals surface area contributed by atoms with Crippen LogP contribution in [-0.2, 0) is 9.53 Å². The van der Waals surface area contributed by atoms with E-state index in [1.165, 1.54) is 0 Å². The average molecular weight is 229 g/mol. The molecule has 0 saturated carbocycles. The number of rotatable bonds is 3. The largest absolute Gasteiger partial charge is 0.378 e. The third-order valence-corrected chi connectivity index (χ3v) is 2.65. The van der Waals surface area contributed by atoms with E-state index in [4.69, 9.17) is 4.74 Å². The number of hydrogen-bond donors (Lipinski definition) is 0. The maximum Gasteiger partial charge on any atom is 0.225 e. The highest BCUT2D eigenvalue weighted by atomic mass is 16.5. The molecular formula is C13H27NO2. The standard InChI is InChI=1S/C11H21NO2.C2H6/c1-4-14-10-5-7-12(8-6-10)11(13)9(2)3;1-2/h9-10H,4-8H2,1-3H3;1-2H3. The lowest BCUT2D eigenvalue weighted by atomic mass is 10.1. The molecule has 3 heteroatoms. The minimum absolute atomic E-state index is 0.124. The van der Waals surface area contributed by atoms with Crippen LogP contribution in [-0.4, -0.2) is 36.6 Å². The van der Waals surface area contributed by atoms with Gasteiger partial charge in [0.15, 0.2) is 0 Å². The van der Waals surface area contributed by atoms with Crippen molar-refractivity contribution in [3.05, 3.63) is 0 Å². The first kappa shape index (κ1) is 15.4. The SMILES string of the molecule is CC.CCOC1CCN(C(=O)C(C)C)CC1. The summed E-state index contributed by atoms with van der Waals surface area (Å²) in [5.41, 5.74) is 0. The van der Waals surface area contributed by atoms with Gasteiger partial charge in [-0.25, -0.2) is 0 Å². The lowest BCUT2D eigenvalue weighted by Gasteiger charge is -2.32. The van der Waals surface area contributed by atoms with Gasteiger partial charge in [0.25, 0.3) is 0 Å². The molecule has 96 valence electrons. The van der Waals surface area contributed by atoms with Gasteiger partial charge in [0, 0.05) is 25.6 Å². The van der Waals surface area contributed by atoms with Crippen LogP contribution in [0.25, 0.3) is 0 Å². The monoisotopic (exact) mass is 229 g/mol. The summed E-state index contributed by atoms with van der Waals surface area (Å²) in [6.07, 6.45) is 2.36. The van der Waals surface area contributed by atoms with Crippen LogP contribution in [0.4, 0.5) is 0 Å². The Morgan fingerprint density at radius 1 is 1.31 bits per heavy atom. The highest BCUT2D eigenvalue weighted by Gasteiger charge is 2.23. The van der Waals surface area contributed by atoms with Crippen LogP contribution in [0, 0.1) is 5.92 Å². The molecule has 1 saturated heterocycles. The fourth-order valence-electron chi connectivity index (χ4n) is 1.84. The molecule has 0 radical (unpaired) electrons. The highest BCUT2D eigenvalue weighted by Crippen LogP contribution is 2.15. The summed E-state index contributed by atoms with van der Waals surface area (Å²) in [7, 11) is 0. The average Bonchev–Trinajstić information content (AvgIpc) is 2.32. The number of hydrogen-bond acceptors (Lipinski definition) is 2. The van der Waals surface area contributed by atoms with Gasteiger partial charge in [0.05, 0.1) is 6.10 Å². The van der Waals surface area contributed by atoms with E-state index in [0.717, 1.165) is 32.5 Å². The fourth-order valence-corrected chi connectivity index (χ4v) is 1.84. The summed E-state index contributed by atoms with van der Waals surface area (Å²) < 4.78 is 5.53. The molecule has 0 N–H and O–H groups in total. The van der Waals surface area contributed by atoms with Gasteiger partial charge in [-0.3, -0.25) is 4.79 Å². The summed E-state index contributed by atoms with van der Waals surface area (Å²) in [5.74, 6) is 0.401. The van der Waals surface area contributed by atoms with Gasteiger partial charge in [0.2, 0.25) is 5.91 Å². The van der Waals surface area contributed by atoms with E-state index < -0.39 is 0 Å². The topological polar surface area (TPSA) is 29.5 Å². The number of amides is 1. The lowest BCUT2D eigenvalue weighted by Crippen LogP contribution is -2.42. The maximum atomic E-state index is 11.6. The van der Waals surface area contributed by atoms with Crippen molar-refractivity contribution in [1.82, 2.24) is 4.90 Å². The zero-order valence-electron chi connectivity index (χ0n) is 11.5. The van der Waals surface area contributed by atoms with Crippen molar-refractivity contribution in [3.63, 3.8) is 0 Å². The number of piperidine rings is 1. The first-order valence-corrected chi connectivity index (χ1v) is 6.55. The molecule has 0 unspecified atom stereocenters. The van der Waals surface area contributed by atoms with Crippen LogP contribution in [0.15, 0.2) is 0 Å². The number of likely N-dealkylation sites (tertiary alicyclic amines) is 1. The Bertz CT molecular complexity index is 184. The Balaban J connectivity index is 0.00000106. The molecule has 1 aliphatic heterocycles. The number of carbonyl (C=O) groups excluding carboxylic acids is 1. The van der Waals surface area contributed by atoms with E-state index in [1.807, 2.05) is 39.5 Å². The first-order chi connectivity index (χ1) is 7.65. The Labute approximate surface area is 100 Å². The Morgan fingerprint density at radius 2 is 1.81 bits per heavy atom. The van der Waals surface area contributed by atoms with Gasteiger partial charge in [-0.1, -0.05) is 27.7 Å². The van der Waals surface area contributed by atoms with Gasteiger partial charge < -0.3 is 9.64 Å². The van der Waals surface area contributed by atoms with Crippen LogP contribution >= 0.6 is 0 Å². The highest BCUT2D eigenvalue weighted by molar-refractivity contribution is 5.78. The quantitative estimate of drug-likeness (QED) is 0.744. The van der Waals surface area contributed by atoms with Crippen LogP contribution < -0.4 is 0 Å². The fraction of sp³-hybridized carbons (Fsp3) is 0.923. The molecule has 1 amide bonds. The molecule has 0 aromatic rings. The summed E-state index contributed by atoms with van der Waals surface area (Å²) >= 11 is 0. The third-order valence-electron chi connectivity index (χ3n) is 2.65. The van der Waals surface area contributed by atoms with Gasteiger partial charge in [-0.2, -0.15) is 0 Å². The Kier molecular flexibility index (Phi) is 8.26. The second-order valence-electron chi connectivity index (χ2n) is 4.13. The molecule has 0 bridgehead atoms. The van der Waals surface area contributed by atoms with Gasteiger partial charge in [0.1, 0.15) is 0 Å². The molecule has 0 aromatic heterocycles. The van der Waals surface area contributed by atoms with E-state index in [1.54, 1.807) is 0 Å². The Morgan fingerprint density at radius 3 is 2.19 bits per heavy atom. The molecule has 16 heavy (non-hydrogen) atoms. The zero-order chi connectivity index (χ0) is 12.6. The zero-order valence-corrected chi connectivity index (χ0v) is 11.5. The van der Waals surface area contributed by atoms with E-state index in [2.05, 4.69) is 0 Å². The second-order valence-corrected chi connectivity index (χ2v) is 4.13. The maximum absolute atomic E-state index is 11.6. The molecule has 0 aliphatic carbocycles. The predicted molar refractivity (Wildman–Crippen MR) is 67.4 cm³/mol. The van der Waals surface area contributed by atoms with Gasteiger partial charge in [-0.05, 0) is 19.8 Å². The summed E-state index contributed by atoms with van der Waals surface area (Å²) in [6.45, 7) is 12.4. The number of ether oxygens (including phenoxy) is 1. The minimum atomic E-state index is 0.124. The van der Waals surface area contributed by atoms with Crippen molar-refractivity contribution in [3.8, 4) is 0 Å². The smallest absolute Gasteiger partial charge is 0.225 e. The van der Waals surface area contributed by atoms with E-state index >= 15 is 0 Å². The van der Waals surface area contributed by atoms with Crippen LogP contribution in [0.1, 0.15) is 47.5 Å². The molecule has 0 spiro atoms. The molecule has 0 aromatic carbocycles. The Hall–Kier alpha value is -0.570. The number of carbonyl (C=O) groups is 1. The van der Waals surface area contributed by atoms with E-state index in [9.17, 15) is 4.79 Å². The second kappa shape index (κ2) is 8.57. The summed E-state index contributed by atoms with van der Waals surface area (Å²) in [4.78, 5) is 13.6. The van der Waals surface area contributed by atoms with Crippen molar-refractivity contribution in [2.75, 3.05) is 19.7 Å². The van der Waals surface area contributed by atoms with Gasteiger partial charge >= 0.3 is 0 Å². The van der Waals surface area contributed by atoms with Crippen molar-refractivity contribution >= 4 is 5.91 Å². The normalized spacial score (nSPS) is 17.0. The molecule has 0 atom stereocenters. The van der Waals surface area contributed by atoms with Crippen LogP contribution in [0.2, 0.25) is 0 Å². The molecule has 1 aliphatic rings. The molecule has 1 fully saturated rings. The first-order valence-electron chi connectivity index (χ1n) is 6.55. The minimum Gasteiger partial charge on any atom is -0.378 e. The molecule has 1 rings (SSSR count). The van der Waals surface area contributed by atoms with E-state index in [-0.39, 0.29) is 11.8 Å². The third kappa shape index (κ3) is 4.97. The van der Waals surface area contributed by atoms with Crippen molar-refractivity contribution < 1.29 is 9.53 Å². The molecular weight excluding hydrogens is 202 g/mol. The van der Waals surface area contributed by atoms with Crippen LogP contribution in [0.3, 0.4) is 0 Å². The molecule has 1 heterocycles. The summed E-state index contributed by atoms with van der Waals surface area (Å²) in [6, 6.07) is 0. The number of nitrogens with zero attached hydrogens (tertiary/aromatic N) is 1. The van der Waals surface area contributed by atoms with Crippen molar-refractivity contribution in [2.45, 2.75) is 53.6 Å². The van der Waals surface area contributed by atoms with Crippen molar-refractivity contribution in [2.24, 2.45) is 5.92 Å². The lowest BCUT2D eigenvalue weighted by molar-refractivity contribution is -0.137. The molecule has 3 nitrogen and oxygen atoms in total.